The van der Waals surface area contributed by atoms with Gasteiger partial charge in [0.2, 0.25) is 0 Å². The Hall–Kier alpha value is -0.120. The summed E-state index contributed by atoms with van der Waals surface area (Å²) in [5.74, 6) is 0. The van der Waals surface area contributed by atoms with Gasteiger partial charge in [-0.2, -0.15) is 0 Å². The zero-order chi connectivity index (χ0) is 9.97. The molecule has 4 unspecified atom stereocenters. The zero-order valence-corrected chi connectivity index (χ0v) is 8.65. The predicted octanol–water partition coefficient (Wildman–Crippen LogP) is 0.793. The van der Waals surface area contributed by atoms with Gasteiger partial charge in [0.05, 0.1) is 12.2 Å². The molecule has 3 heteroatoms. The molecule has 2 aliphatic rings. The molecular formula is C11H21NO2. The molecule has 0 heterocycles. The second-order valence-corrected chi connectivity index (χ2v) is 4.73. The maximum absolute atomic E-state index is 9.77. The molecule has 0 aromatic carbocycles. The Morgan fingerprint density at radius 2 is 1.21 bits per heavy atom. The molecule has 0 amide bonds. The van der Waals surface area contributed by atoms with Crippen LogP contribution in [0.15, 0.2) is 0 Å². The van der Waals surface area contributed by atoms with Crippen LogP contribution in [0, 0.1) is 0 Å². The van der Waals surface area contributed by atoms with Gasteiger partial charge in [0.25, 0.3) is 0 Å². The highest BCUT2D eigenvalue weighted by Gasteiger charge is 2.30. The van der Waals surface area contributed by atoms with Crippen LogP contribution in [0.1, 0.15) is 44.9 Å². The van der Waals surface area contributed by atoms with E-state index in [-0.39, 0.29) is 24.3 Å². The van der Waals surface area contributed by atoms with Gasteiger partial charge in [-0.1, -0.05) is 12.8 Å². The number of aliphatic hydroxyl groups excluding tert-OH is 2. The van der Waals surface area contributed by atoms with E-state index in [0.29, 0.717) is 0 Å². The van der Waals surface area contributed by atoms with Gasteiger partial charge in [-0.3, -0.25) is 0 Å². The second-order valence-electron chi connectivity index (χ2n) is 4.73. The number of hydrogen-bond acceptors (Lipinski definition) is 3. The summed E-state index contributed by atoms with van der Waals surface area (Å²) in [4.78, 5) is 0. The Kier molecular flexibility index (Phi) is 3.42. The molecule has 82 valence electrons. The minimum atomic E-state index is -0.198. The van der Waals surface area contributed by atoms with Crippen molar-refractivity contribution in [3.8, 4) is 0 Å². The van der Waals surface area contributed by atoms with E-state index in [1.165, 1.54) is 6.42 Å². The lowest BCUT2D eigenvalue weighted by molar-refractivity contribution is 0.0678. The molecule has 0 radical (unpaired) electrons. The fourth-order valence-electron chi connectivity index (χ4n) is 2.72. The summed E-state index contributed by atoms with van der Waals surface area (Å²) in [5, 5.41) is 22.9. The highest BCUT2D eigenvalue weighted by Crippen LogP contribution is 2.23. The monoisotopic (exact) mass is 199 g/mol. The van der Waals surface area contributed by atoms with Gasteiger partial charge in [0.1, 0.15) is 0 Å². The van der Waals surface area contributed by atoms with Crippen molar-refractivity contribution in [3.63, 3.8) is 0 Å². The van der Waals surface area contributed by atoms with Gasteiger partial charge >= 0.3 is 0 Å². The molecule has 2 saturated carbocycles. The van der Waals surface area contributed by atoms with Crippen molar-refractivity contribution in [2.45, 2.75) is 69.2 Å². The minimum Gasteiger partial charge on any atom is -0.392 e. The fourth-order valence-corrected chi connectivity index (χ4v) is 2.72. The Balaban J connectivity index is 1.83. The molecule has 2 fully saturated rings. The normalized spacial score (nSPS) is 44.1. The summed E-state index contributed by atoms with van der Waals surface area (Å²) in [6.07, 6.45) is 7.03. The highest BCUT2D eigenvalue weighted by atomic mass is 16.3. The molecule has 0 aliphatic heterocycles. The van der Waals surface area contributed by atoms with E-state index in [9.17, 15) is 10.2 Å². The summed E-state index contributed by atoms with van der Waals surface area (Å²) in [6.45, 7) is 0. The SMILES string of the molecule is OC1CCCCC1NC1CCCC1O. The van der Waals surface area contributed by atoms with Crippen LogP contribution in [-0.2, 0) is 0 Å². The lowest BCUT2D eigenvalue weighted by Gasteiger charge is -2.32. The van der Waals surface area contributed by atoms with Crippen LogP contribution in [0.3, 0.4) is 0 Å². The van der Waals surface area contributed by atoms with Crippen LogP contribution in [-0.4, -0.2) is 34.5 Å². The predicted molar refractivity (Wildman–Crippen MR) is 55.0 cm³/mol. The van der Waals surface area contributed by atoms with Crippen molar-refractivity contribution in [2.75, 3.05) is 0 Å². The van der Waals surface area contributed by atoms with Crippen molar-refractivity contribution in [2.24, 2.45) is 0 Å². The van der Waals surface area contributed by atoms with Gasteiger partial charge in [-0.05, 0) is 32.1 Å². The van der Waals surface area contributed by atoms with E-state index in [0.717, 1.165) is 38.5 Å². The zero-order valence-electron chi connectivity index (χ0n) is 8.65. The smallest absolute Gasteiger partial charge is 0.0693 e. The summed E-state index contributed by atoms with van der Waals surface area (Å²) < 4.78 is 0. The molecule has 2 rings (SSSR count). The van der Waals surface area contributed by atoms with Crippen LogP contribution in [0.5, 0.6) is 0 Å². The first-order valence-electron chi connectivity index (χ1n) is 5.89. The van der Waals surface area contributed by atoms with Crippen LogP contribution in [0.25, 0.3) is 0 Å². The quantitative estimate of drug-likeness (QED) is 0.616. The average molecular weight is 199 g/mol. The van der Waals surface area contributed by atoms with Crippen LogP contribution < -0.4 is 5.32 Å². The van der Waals surface area contributed by atoms with Crippen molar-refractivity contribution in [1.29, 1.82) is 0 Å². The van der Waals surface area contributed by atoms with E-state index < -0.39 is 0 Å². The summed E-state index contributed by atoms with van der Waals surface area (Å²) in [5.41, 5.74) is 0. The molecular weight excluding hydrogens is 178 g/mol. The van der Waals surface area contributed by atoms with Gasteiger partial charge in [0.15, 0.2) is 0 Å². The first-order chi connectivity index (χ1) is 6.77. The van der Waals surface area contributed by atoms with Crippen molar-refractivity contribution < 1.29 is 10.2 Å². The third kappa shape index (κ3) is 2.27. The lowest BCUT2D eigenvalue weighted by atomic mass is 9.92. The topological polar surface area (TPSA) is 52.5 Å². The van der Waals surface area contributed by atoms with E-state index in [1.807, 2.05) is 0 Å². The summed E-state index contributed by atoms with van der Waals surface area (Å²) in [7, 11) is 0. The van der Waals surface area contributed by atoms with E-state index in [4.69, 9.17) is 0 Å². The molecule has 14 heavy (non-hydrogen) atoms. The number of aliphatic hydroxyl groups is 2. The maximum atomic E-state index is 9.77. The summed E-state index contributed by atoms with van der Waals surface area (Å²) in [6, 6.07) is 0.453. The van der Waals surface area contributed by atoms with Crippen molar-refractivity contribution in [3.05, 3.63) is 0 Å². The third-order valence-corrected chi connectivity index (χ3v) is 3.64. The Labute approximate surface area is 85.5 Å². The Morgan fingerprint density at radius 1 is 0.714 bits per heavy atom. The highest BCUT2D eigenvalue weighted by molar-refractivity contribution is 4.89. The second kappa shape index (κ2) is 4.60. The van der Waals surface area contributed by atoms with Gasteiger partial charge in [-0.25, -0.2) is 0 Å². The molecule has 0 aromatic heterocycles. The third-order valence-electron chi connectivity index (χ3n) is 3.64. The van der Waals surface area contributed by atoms with Gasteiger partial charge in [-0.15, -0.1) is 0 Å². The standard InChI is InChI=1S/C11H21NO2/c13-10-6-2-1-4-8(10)12-9-5-3-7-11(9)14/h8-14H,1-7H2. The number of rotatable bonds is 2. The molecule has 2 aliphatic carbocycles. The summed E-state index contributed by atoms with van der Waals surface area (Å²) >= 11 is 0. The average Bonchev–Trinajstić information content (AvgIpc) is 2.56. The molecule has 3 N–H and O–H groups in total. The van der Waals surface area contributed by atoms with E-state index in [2.05, 4.69) is 5.32 Å². The first-order valence-corrected chi connectivity index (χ1v) is 5.89. The molecule has 0 aromatic rings. The minimum absolute atomic E-state index is 0.191. The lowest BCUT2D eigenvalue weighted by Crippen LogP contribution is -2.49. The maximum Gasteiger partial charge on any atom is 0.0693 e. The molecule has 4 atom stereocenters. The van der Waals surface area contributed by atoms with Crippen LogP contribution >= 0.6 is 0 Å². The van der Waals surface area contributed by atoms with Crippen LogP contribution in [0.2, 0.25) is 0 Å². The van der Waals surface area contributed by atoms with E-state index in [1.54, 1.807) is 0 Å². The Bertz CT molecular complexity index is 186. The number of nitrogens with one attached hydrogen (secondary N) is 1. The fraction of sp³-hybridized carbons (Fsp3) is 1.00. The van der Waals surface area contributed by atoms with Crippen molar-refractivity contribution in [1.82, 2.24) is 5.32 Å². The molecule has 0 bridgehead atoms. The Morgan fingerprint density at radius 3 is 1.79 bits per heavy atom. The molecule has 0 spiro atoms. The van der Waals surface area contributed by atoms with Crippen molar-refractivity contribution >= 4 is 0 Å². The van der Waals surface area contributed by atoms with Gasteiger partial charge < -0.3 is 15.5 Å². The van der Waals surface area contributed by atoms with E-state index >= 15 is 0 Å². The molecule has 0 saturated heterocycles. The van der Waals surface area contributed by atoms with Gasteiger partial charge in [0, 0.05) is 12.1 Å². The molecule has 3 nitrogen and oxygen atoms in total. The van der Waals surface area contributed by atoms with Crippen LogP contribution in [0.4, 0.5) is 0 Å². The first kappa shape index (κ1) is 10.4. The number of hydrogen-bond donors (Lipinski definition) is 3. The largest absolute Gasteiger partial charge is 0.392 e.